The molecule has 25 heavy (non-hydrogen) atoms. The van der Waals surface area contributed by atoms with Crippen LogP contribution in [0, 0.1) is 10.1 Å². The molecule has 1 atom stereocenters. The molecule has 7 heteroatoms. The molecule has 1 heterocycles. The van der Waals surface area contributed by atoms with Crippen LogP contribution in [-0.2, 0) is 6.54 Å². The van der Waals surface area contributed by atoms with Gasteiger partial charge in [-0.05, 0) is 11.6 Å². The number of ether oxygens (including phenoxy) is 1. The van der Waals surface area contributed by atoms with Gasteiger partial charge in [-0.25, -0.2) is 0 Å². The Bertz CT molecular complexity index is 848. The van der Waals surface area contributed by atoms with E-state index in [1.165, 1.54) is 12.1 Å². The van der Waals surface area contributed by atoms with E-state index >= 15 is 0 Å². The topological polar surface area (TPSA) is 90.4 Å². The molecule has 0 fully saturated rings. The first-order valence-corrected chi connectivity index (χ1v) is 7.75. The fourth-order valence-corrected chi connectivity index (χ4v) is 2.39. The number of nitro groups is 1. The monoisotopic (exact) mass is 339 g/mol. The Hall–Kier alpha value is -3.19. The van der Waals surface area contributed by atoms with Crippen molar-refractivity contribution in [2.24, 2.45) is 0 Å². The maximum atomic E-state index is 10.7. The van der Waals surface area contributed by atoms with Crippen molar-refractivity contribution in [1.29, 1.82) is 0 Å². The van der Waals surface area contributed by atoms with Crippen LogP contribution in [0.25, 0.3) is 11.1 Å². The minimum Gasteiger partial charge on any atom is -0.491 e. The smallest absolute Gasteiger partial charge is 0.273 e. The second-order valence-corrected chi connectivity index (χ2v) is 5.54. The summed E-state index contributed by atoms with van der Waals surface area (Å²) < 4.78 is 7.07. The number of benzene rings is 2. The third kappa shape index (κ3) is 4.42. The number of aliphatic hydroxyl groups is 1. The highest BCUT2D eigenvalue weighted by Crippen LogP contribution is 2.20. The molecule has 128 valence electrons. The fourth-order valence-electron chi connectivity index (χ4n) is 2.39. The molecule has 0 saturated carbocycles. The van der Waals surface area contributed by atoms with E-state index in [0.29, 0.717) is 5.75 Å². The van der Waals surface area contributed by atoms with Crippen LogP contribution in [0.2, 0.25) is 0 Å². The van der Waals surface area contributed by atoms with E-state index < -0.39 is 11.0 Å². The lowest BCUT2D eigenvalue weighted by Gasteiger charge is -2.12. The highest BCUT2D eigenvalue weighted by atomic mass is 16.6. The van der Waals surface area contributed by atoms with Gasteiger partial charge in [-0.1, -0.05) is 36.4 Å². The molecule has 1 unspecified atom stereocenters. The molecule has 0 bridgehead atoms. The lowest BCUT2D eigenvalue weighted by atomic mass is 10.1. The number of non-ortho nitro benzene ring substituents is 1. The van der Waals surface area contributed by atoms with Crippen molar-refractivity contribution < 1.29 is 14.8 Å². The van der Waals surface area contributed by atoms with Crippen LogP contribution in [0.5, 0.6) is 5.75 Å². The first-order valence-electron chi connectivity index (χ1n) is 7.75. The number of aliphatic hydroxyl groups excluding tert-OH is 1. The Balaban J connectivity index is 1.56. The summed E-state index contributed by atoms with van der Waals surface area (Å²) in [6, 6.07) is 15.7. The van der Waals surface area contributed by atoms with Crippen molar-refractivity contribution in [2.75, 3.05) is 6.61 Å². The highest BCUT2D eigenvalue weighted by Gasteiger charge is 2.11. The SMILES string of the molecule is O=[N+]([O-])c1cccc(OCC(O)Cn2cc(-c3ccccc3)cn2)c1. The molecule has 0 aliphatic rings. The second kappa shape index (κ2) is 7.59. The van der Waals surface area contributed by atoms with Gasteiger partial charge in [0, 0.05) is 17.8 Å². The van der Waals surface area contributed by atoms with Crippen molar-refractivity contribution in [2.45, 2.75) is 12.6 Å². The molecule has 1 aromatic heterocycles. The number of hydrogen-bond acceptors (Lipinski definition) is 5. The van der Waals surface area contributed by atoms with E-state index in [9.17, 15) is 15.2 Å². The third-order valence-electron chi connectivity index (χ3n) is 3.61. The number of aromatic nitrogens is 2. The summed E-state index contributed by atoms with van der Waals surface area (Å²) in [6.45, 7) is 0.281. The van der Waals surface area contributed by atoms with Crippen molar-refractivity contribution in [1.82, 2.24) is 9.78 Å². The molecule has 3 aromatic rings. The number of hydrogen-bond donors (Lipinski definition) is 1. The molecule has 7 nitrogen and oxygen atoms in total. The zero-order valence-corrected chi connectivity index (χ0v) is 13.4. The van der Waals surface area contributed by atoms with Gasteiger partial charge in [0.25, 0.3) is 5.69 Å². The van der Waals surface area contributed by atoms with Crippen LogP contribution in [0.4, 0.5) is 5.69 Å². The first kappa shape index (κ1) is 16.7. The normalized spacial score (nSPS) is 11.9. The molecule has 3 rings (SSSR count). The number of nitro benzene ring substituents is 1. The van der Waals surface area contributed by atoms with Crippen molar-refractivity contribution >= 4 is 5.69 Å². The first-order chi connectivity index (χ1) is 12.1. The predicted octanol–water partition coefficient (Wildman–Crippen LogP) is 2.90. The van der Waals surface area contributed by atoms with Gasteiger partial charge in [0.15, 0.2) is 0 Å². The molecule has 0 amide bonds. The summed E-state index contributed by atoms with van der Waals surface area (Å²) in [6.07, 6.45) is 2.80. The van der Waals surface area contributed by atoms with E-state index in [0.717, 1.165) is 11.1 Å². The number of rotatable bonds is 7. The summed E-state index contributed by atoms with van der Waals surface area (Å²) in [5, 5.41) is 25.1. The van der Waals surface area contributed by atoms with Gasteiger partial charge in [0.1, 0.15) is 18.5 Å². The Kier molecular flexibility index (Phi) is 5.06. The Morgan fingerprint density at radius 3 is 2.72 bits per heavy atom. The lowest BCUT2D eigenvalue weighted by Crippen LogP contribution is -2.23. The third-order valence-corrected chi connectivity index (χ3v) is 3.61. The predicted molar refractivity (Wildman–Crippen MR) is 92.3 cm³/mol. The van der Waals surface area contributed by atoms with Gasteiger partial charge in [-0.3, -0.25) is 14.8 Å². The quantitative estimate of drug-likeness (QED) is 0.528. The summed E-state index contributed by atoms with van der Waals surface area (Å²) in [4.78, 5) is 10.3. The maximum absolute atomic E-state index is 10.7. The molecular weight excluding hydrogens is 322 g/mol. The standard InChI is InChI=1S/C18H17N3O4/c22-17(13-25-18-8-4-7-16(9-18)21(23)24)12-20-11-15(10-19-20)14-5-2-1-3-6-14/h1-11,17,22H,12-13H2. The summed E-state index contributed by atoms with van der Waals surface area (Å²) >= 11 is 0. The van der Waals surface area contributed by atoms with Gasteiger partial charge in [0.05, 0.1) is 23.7 Å². The van der Waals surface area contributed by atoms with Crippen LogP contribution in [0.15, 0.2) is 67.0 Å². The fraction of sp³-hybridized carbons (Fsp3) is 0.167. The molecule has 0 aliphatic heterocycles. The minimum absolute atomic E-state index is 0.0156. The second-order valence-electron chi connectivity index (χ2n) is 5.54. The number of nitrogens with zero attached hydrogens (tertiary/aromatic N) is 3. The van der Waals surface area contributed by atoms with E-state index in [1.807, 2.05) is 36.5 Å². The molecule has 1 N–H and O–H groups in total. The van der Waals surface area contributed by atoms with E-state index in [1.54, 1.807) is 23.0 Å². The van der Waals surface area contributed by atoms with Crippen LogP contribution in [-0.4, -0.2) is 32.5 Å². The zero-order chi connectivity index (χ0) is 17.6. The van der Waals surface area contributed by atoms with Crippen LogP contribution in [0.3, 0.4) is 0 Å². The molecule has 0 spiro atoms. The largest absolute Gasteiger partial charge is 0.491 e. The van der Waals surface area contributed by atoms with Gasteiger partial charge in [-0.15, -0.1) is 0 Å². The molecule has 0 radical (unpaired) electrons. The molecule has 0 saturated heterocycles. The summed E-state index contributed by atoms with van der Waals surface area (Å²) in [5.41, 5.74) is 1.97. The molecule has 0 aliphatic carbocycles. The van der Waals surface area contributed by atoms with Gasteiger partial charge >= 0.3 is 0 Å². The van der Waals surface area contributed by atoms with Gasteiger partial charge < -0.3 is 9.84 Å². The van der Waals surface area contributed by atoms with Crippen LogP contribution >= 0.6 is 0 Å². The van der Waals surface area contributed by atoms with E-state index in [4.69, 9.17) is 4.74 Å². The van der Waals surface area contributed by atoms with Gasteiger partial charge in [0.2, 0.25) is 0 Å². The lowest BCUT2D eigenvalue weighted by molar-refractivity contribution is -0.384. The van der Waals surface area contributed by atoms with Crippen molar-refractivity contribution in [3.63, 3.8) is 0 Å². The minimum atomic E-state index is -0.789. The Morgan fingerprint density at radius 2 is 1.96 bits per heavy atom. The van der Waals surface area contributed by atoms with Gasteiger partial charge in [-0.2, -0.15) is 5.10 Å². The maximum Gasteiger partial charge on any atom is 0.273 e. The molecule has 2 aromatic carbocycles. The average Bonchev–Trinajstić information content (AvgIpc) is 3.09. The highest BCUT2D eigenvalue weighted by molar-refractivity contribution is 5.61. The summed E-state index contributed by atoms with van der Waals surface area (Å²) in [5.74, 6) is 0.346. The van der Waals surface area contributed by atoms with E-state index in [-0.39, 0.29) is 18.8 Å². The zero-order valence-electron chi connectivity index (χ0n) is 13.4. The summed E-state index contributed by atoms with van der Waals surface area (Å²) in [7, 11) is 0. The van der Waals surface area contributed by atoms with Crippen LogP contribution in [0.1, 0.15) is 0 Å². The molecular formula is C18H17N3O4. The Morgan fingerprint density at radius 1 is 1.16 bits per heavy atom. The Labute approximate surface area is 144 Å². The van der Waals surface area contributed by atoms with E-state index in [2.05, 4.69) is 5.10 Å². The average molecular weight is 339 g/mol. The van der Waals surface area contributed by atoms with Crippen molar-refractivity contribution in [3.8, 4) is 16.9 Å². The van der Waals surface area contributed by atoms with Crippen molar-refractivity contribution in [3.05, 3.63) is 77.1 Å². The van der Waals surface area contributed by atoms with Crippen LogP contribution < -0.4 is 4.74 Å².